The summed E-state index contributed by atoms with van der Waals surface area (Å²) in [5, 5.41) is 8.77. The third-order valence-corrected chi connectivity index (χ3v) is 1.57. The normalized spacial score (nSPS) is 9.15. The van der Waals surface area contributed by atoms with Crippen LogP contribution < -0.4 is 0 Å². The number of rotatable bonds is 1. The lowest BCUT2D eigenvalue weighted by molar-refractivity contribution is 0.281. The molecule has 1 aromatic rings. The Balaban J connectivity index is 3.01. The topological polar surface area (TPSA) is 20.2 Å². The third kappa shape index (κ3) is 3.06. The minimum Gasteiger partial charge on any atom is -0.392 e. The van der Waals surface area contributed by atoms with Gasteiger partial charge in [0, 0.05) is 5.56 Å². The molecule has 68 valence electrons. The van der Waals surface area contributed by atoms with Gasteiger partial charge < -0.3 is 5.11 Å². The largest absolute Gasteiger partial charge is 0.392 e. The molecule has 1 nitrogen and oxygen atoms in total. The van der Waals surface area contributed by atoms with Gasteiger partial charge >= 0.3 is 0 Å². The lowest BCUT2D eigenvalue weighted by atomic mass is 10.1. The van der Waals surface area contributed by atoms with E-state index in [0.29, 0.717) is 11.1 Å². The molecule has 1 N–H and O–H groups in total. The van der Waals surface area contributed by atoms with Crippen LogP contribution in [0.15, 0.2) is 18.2 Å². The molecule has 1 rings (SSSR count). The summed E-state index contributed by atoms with van der Waals surface area (Å²) in [5.41, 5.74) is 1.04. The second-order valence-electron chi connectivity index (χ2n) is 2.44. The molecule has 0 aromatic heterocycles. The Morgan fingerprint density at radius 1 is 1.38 bits per heavy atom. The second kappa shape index (κ2) is 4.86. The molecule has 0 atom stereocenters. The van der Waals surface area contributed by atoms with E-state index in [1.54, 1.807) is 6.07 Å². The number of alkyl halides is 1. The van der Waals surface area contributed by atoms with E-state index < -0.39 is 5.82 Å². The fourth-order valence-corrected chi connectivity index (χ4v) is 1.02. The summed E-state index contributed by atoms with van der Waals surface area (Å²) in [4.78, 5) is 0. The molecule has 1 aromatic carbocycles. The van der Waals surface area contributed by atoms with Crippen LogP contribution in [0.1, 0.15) is 11.1 Å². The Morgan fingerprint density at radius 3 is 2.77 bits per heavy atom. The zero-order valence-corrected chi connectivity index (χ0v) is 7.61. The van der Waals surface area contributed by atoms with Crippen molar-refractivity contribution in [2.45, 2.75) is 6.61 Å². The van der Waals surface area contributed by atoms with E-state index in [4.69, 9.17) is 16.7 Å². The number of hydrogen-bond donors (Lipinski definition) is 1. The Kier molecular flexibility index (Phi) is 3.75. The summed E-state index contributed by atoms with van der Waals surface area (Å²) < 4.78 is 12.8. The fraction of sp³-hybridized carbons (Fsp3) is 0.200. The van der Waals surface area contributed by atoms with Crippen LogP contribution in [-0.4, -0.2) is 11.0 Å². The highest BCUT2D eigenvalue weighted by Gasteiger charge is 1.97. The number of halogens is 2. The standard InChI is InChI=1S/C10H8ClFO/c11-3-1-2-8-4-9(7-13)6-10(12)5-8/h4-6,13H,3,7H2. The number of aliphatic hydroxyl groups is 1. The van der Waals surface area contributed by atoms with Crippen molar-refractivity contribution in [2.75, 3.05) is 5.88 Å². The third-order valence-electron chi connectivity index (χ3n) is 1.44. The molecule has 0 radical (unpaired) electrons. The molecule has 0 unspecified atom stereocenters. The van der Waals surface area contributed by atoms with Crippen LogP contribution in [0.2, 0.25) is 0 Å². The lowest BCUT2D eigenvalue weighted by Gasteiger charge is -1.97. The van der Waals surface area contributed by atoms with Crippen LogP contribution >= 0.6 is 11.6 Å². The van der Waals surface area contributed by atoms with Crippen molar-refractivity contribution in [3.63, 3.8) is 0 Å². The van der Waals surface area contributed by atoms with Gasteiger partial charge in [0.25, 0.3) is 0 Å². The lowest BCUT2D eigenvalue weighted by Crippen LogP contribution is -1.87. The minimum atomic E-state index is -0.398. The first-order chi connectivity index (χ1) is 6.26. The summed E-state index contributed by atoms with van der Waals surface area (Å²) >= 11 is 5.35. The molecule has 0 heterocycles. The van der Waals surface area contributed by atoms with E-state index in [1.165, 1.54) is 12.1 Å². The van der Waals surface area contributed by atoms with E-state index in [-0.39, 0.29) is 12.5 Å². The van der Waals surface area contributed by atoms with E-state index in [2.05, 4.69) is 11.8 Å². The average Bonchev–Trinajstić information content (AvgIpc) is 2.14. The predicted molar refractivity (Wildman–Crippen MR) is 49.9 cm³/mol. The minimum absolute atomic E-state index is 0.187. The molecule has 0 saturated heterocycles. The first-order valence-corrected chi connectivity index (χ1v) is 4.25. The van der Waals surface area contributed by atoms with Gasteiger partial charge in [0.1, 0.15) is 5.82 Å². The number of benzene rings is 1. The van der Waals surface area contributed by atoms with Crippen molar-refractivity contribution >= 4 is 11.6 Å². The van der Waals surface area contributed by atoms with Crippen LogP contribution in [0.4, 0.5) is 4.39 Å². The molecule has 0 aliphatic carbocycles. The summed E-state index contributed by atoms with van der Waals surface area (Å²) in [5.74, 6) is 5.10. The Morgan fingerprint density at radius 2 is 2.15 bits per heavy atom. The summed E-state index contributed by atoms with van der Waals surface area (Å²) in [6, 6.07) is 4.20. The van der Waals surface area contributed by atoms with Gasteiger partial charge in [-0.2, -0.15) is 0 Å². The molecule has 3 heteroatoms. The highest BCUT2D eigenvalue weighted by Crippen LogP contribution is 2.08. The van der Waals surface area contributed by atoms with Gasteiger partial charge in [-0.3, -0.25) is 0 Å². The molecular weight excluding hydrogens is 191 g/mol. The van der Waals surface area contributed by atoms with Crippen LogP contribution in [0.5, 0.6) is 0 Å². The molecule has 13 heavy (non-hydrogen) atoms. The molecule has 0 aliphatic heterocycles. The van der Waals surface area contributed by atoms with Crippen LogP contribution in [0.3, 0.4) is 0 Å². The van der Waals surface area contributed by atoms with Crippen molar-refractivity contribution in [1.82, 2.24) is 0 Å². The van der Waals surface area contributed by atoms with Gasteiger partial charge in [0.15, 0.2) is 0 Å². The van der Waals surface area contributed by atoms with E-state index in [0.717, 1.165) is 0 Å². The SMILES string of the molecule is OCc1cc(F)cc(C#CCCl)c1. The molecule has 0 saturated carbocycles. The van der Waals surface area contributed by atoms with E-state index in [9.17, 15) is 4.39 Å². The molecule has 0 fully saturated rings. The van der Waals surface area contributed by atoms with Crippen LogP contribution in [-0.2, 0) is 6.61 Å². The fourth-order valence-electron chi connectivity index (χ4n) is 0.949. The van der Waals surface area contributed by atoms with Crippen molar-refractivity contribution < 1.29 is 9.50 Å². The monoisotopic (exact) mass is 198 g/mol. The Labute approximate surface area is 81.2 Å². The number of hydrogen-bond acceptors (Lipinski definition) is 1. The maximum atomic E-state index is 12.8. The summed E-state index contributed by atoms with van der Waals surface area (Å²) in [6.45, 7) is -0.187. The average molecular weight is 199 g/mol. The van der Waals surface area contributed by atoms with Gasteiger partial charge in [-0.15, -0.1) is 11.6 Å². The van der Waals surface area contributed by atoms with Gasteiger partial charge in [0.05, 0.1) is 12.5 Å². The van der Waals surface area contributed by atoms with Gasteiger partial charge in [0.2, 0.25) is 0 Å². The maximum absolute atomic E-state index is 12.8. The zero-order chi connectivity index (χ0) is 9.68. The van der Waals surface area contributed by atoms with Crippen LogP contribution in [0, 0.1) is 17.7 Å². The Bertz CT molecular complexity index is 352. The molecule has 0 aliphatic rings. The van der Waals surface area contributed by atoms with Crippen LogP contribution in [0.25, 0.3) is 0 Å². The highest BCUT2D eigenvalue weighted by atomic mass is 35.5. The molecule has 0 bridgehead atoms. The maximum Gasteiger partial charge on any atom is 0.124 e. The zero-order valence-electron chi connectivity index (χ0n) is 6.85. The van der Waals surface area contributed by atoms with Crippen molar-refractivity contribution in [3.05, 3.63) is 35.1 Å². The molecular formula is C10H8ClFO. The summed E-state index contributed by atoms with van der Waals surface area (Å²) in [6.07, 6.45) is 0. The summed E-state index contributed by atoms with van der Waals surface area (Å²) in [7, 11) is 0. The van der Waals surface area contributed by atoms with Crippen molar-refractivity contribution in [2.24, 2.45) is 0 Å². The second-order valence-corrected chi connectivity index (χ2v) is 2.71. The Hall–Kier alpha value is -1.04. The molecule has 0 amide bonds. The molecule has 0 spiro atoms. The first-order valence-electron chi connectivity index (χ1n) is 3.71. The van der Waals surface area contributed by atoms with E-state index in [1.807, 2.05) is 0 Å². The van der Waals surface area contributed by atoms with Gasteiger partial charge in [-0.05, 0) is 23.8 Å². The predicted octanol–water partition coefficient (Wildman–Crippen LogP) is 1.91. The van der Waals surface area contributed by atoms with Gasteiger partial charge in [-0.25, -0.2) is 4.39 Å². The number of aliphatic hydroxyl groups excluding tert-OH is 1. The van der Waals surface area contributed by atoms with Crippen molar-refractivity contribution in [3.8, 4) is 11.8 Å². The van der Waals surface area contributed by atoms with E-state index >= 15 is 0 Å². The smallest absolute Gasteiger partial charge is 0.124 e. The van der Waals surface area contributed by atoms with Gasteiger partial charge in [-0.1, -0.05) is 11.8 Å². The first kappa shape index (κ1) is 10.0. The highest BCUT2D eigenvalue weighted by molar-refractivity contribution is 6.19. The quantitative estimate of drug-likeness (QED) is 0.540. The van der Waals surface area contributed by atoms with Crippen molar-refractivity contribution in [1.29, 1.82) is 0 Å².